The van der Waals surface area contributed by atoms with Crippen molar-refractivity contribution in [1.29, 1.82) is 0 Å². The van der Waals surface area contributed by atoms with Crippen LogP contribution in [0.2, 0.25) is 0 Å². The Morgan fingerprint density at radius 2 is 2.12 bits per heavy atom. The van der Waals surface area contributed by atoms with Crippen molar-refractivity contribution in [2.24, 2.45) is 0 Å². The van der Waals surface area contributed by atoms with Crippen molar-refractivity contribution < 1.29 is 5.11 Å². The minimum atomic E-state index is -0.0381. The summed E-state index contributed by atoms with van der Waals surface area (Å²) >= 11 is 0. The van der Waals surface area contributed by atoms with Crippen molar-refractivity contribution in [1.82, 2.24) is 9.97 Å². The van der Waals surface area contributed by atoms with Gasteiger partial charge in [-0.2, -0.15) is 0 Å². The van der Waals surface area contributed by atoms with E-state index in [2.05, 4.69) is 16.0 Å². The van der Waals surface area contributed by atoms with Crippen LogP contribution in [0.4, 0.5) is 0 Å². The number of aromatic amines is 1. The maximum atomic E-state index is 9.27. The maximum absolute atomic E-state index is 9.27. The number of aryl methyl sites for hydroxylation is 1. The molecule has 3 aromatic rings. The molecule has 3 nitrogen and oxygen atoms in total. The van der Waals surface area contributed by atoms with Crippen LogP contribution < -0.4 is 0 Å². The minimum Gasteiger partial charge on any atom is -0.390 e. The standard InChI is InChI=1S/C13H12N2O/c1-8-6-14-11(7-16)13-12(8)9-4-2-3-5-10(9)15-13/h2-6,15-16H,7H2,1H3. The van der Waals surface area contributed by atoms with E-state index in [0.717, 1.165) is 22.0 Å². The molecule has 0 radical (unpaired) electrons. The van der Waals surface area contributed by atoms with Crippen molar-refractivity contribution in [3.05, 3.63) is 41.7 Å². The molecule has 0 saturated carbocycles. The van der Waals surface area contributed by atoms with Gasteiger partial charge in [0.1, 0.15) is 0 Å². The number of H-pyrrole nitrogens is 1. The van der Waals surface area contributed by atoms with Gasteiger partial charge in [-0.1, -0.05) is 18.2 Å². The quantitative estimate of drug-likeness (QED) is 0.651. The Labute approximate surface area is 92.7 Å². The third-order valence-electron chi connectivity index (χ3n) is 2.95. The summed E-state index contributed by atoms with van der Waals surface area (Å²) in [7, 11) is 0. The number of nitrogens with zero attached hydrogens (tertiary/aromatic N) is 1. The highest BCUT2D eigenvalue weighted by Crippen LogP contribution is 2.29. The largest absolute Gasteiger partial charge is 0.390 e. The molecule has 16 heavy (non-hydrogen) atoms. The molecule has 2 aromatic heterocycles. The van der Waals surface area contributed by atoms with Crippen LogP contribution in [0.1, 0.15) is 11.3 Å². The molecular weight excluding hydrogens is 200 g/mol. The van der Waals surface area contributed by atoms with E-state index >= 15 is 0 Å². The lowest BCUT2D eigenvalue weighted by Gasteiger charge is -2.00. The first kappa shape index (κ1) is 9.36. The van der Waals surface area contributed by atoms with E-state index in [1.54, 1.807) is 0 Å². The molecule has 0 saturated heterocycles. The first-order chi connectivity index (χ1) is 7.81. The maximum Gasteiger partial charge on any atom is 0.0898 e. The number of para-hydroxylation sites is 1. The van der Waals surface area contributed by atoms with Crippen LogP contribution >= 0.6 is 0 Å². The van der Waals surface area contributed by atoms with Gasteiger partial charge in [0, 0.05) is 22.5 Å². The second kappa shape index (κ2) is 3.32. The Morgan fingerprint density at radius 3 is 2.94 bits per heavy atom. The fourth-order valence-corrected chi connectivity index (χ4v) is 2.19. The van der Waals surface area contributed by atoms with E-state index in [4.69, 9.17) is 0 Å². The summed E-state index contributed by atoms with van der Waals surface area (Å²) in [5.74, 6) is 0. The summed E-state index contributed by atoms with van der Waals surface area (Å²) < 4.78 is 0. The molecule has 3 heteroatoms. The van der Waals surface area contributed by atoms with E-state index in [1.165, 1.54) is 5.39 Å². The molecule has 0 spiro atoms. The van der Waals surface area contributed by atoms with Gasteiger partial charge in [0.15, 0.2) is 0 Å². The summed E-state index contributed by atoms with van der Waals surface area (Å²) in [5.41, 5.74) is 3.87. The minimum absolute atomic E-state index is 0.0381. The second-order valence-corrected chi connectivity index (χ2v) is 3.97. The molecule has 0 atom stereocenters. The molecule has 2 N–H and O–H groups in total. The zero-order valence-electron chi connectivity index (χ0n) is 8.99. The lowest BCUT2D eigenvalue weighted by atomic mass is 10.1. The molecule has 0 unspecified atom stereocenters. The normalized spacial score (nSPS) is 11.4. The van der Waals surface area contributed by atoms with E-state index in [1.807, 2.05) is 31.3 Å². The molecule has 0 bridgehead atoms. The van der Waals surface area contributed by atoms with Gasteiger partial charge in [-0.15, -0.1) is 0 Å². The number of aliphatic hydroxyl groups is 1. The van der Waals surface area contributed by atoms with Gasteiger partial charge >= 0.3 is 0 Å². The van der Waals surface area contributed by atoms with Crippen LogP contribution in [0.5, 0.6) is 0 Å². The summed E-state index contributed by atoms with van der Waals surface area (Å²) in [6.45, 7) is 2.00. The van der Waals surface area contributed by atoms with Crippen LogP contribution in [0.3, 0.4) is 0 Å². The van der Waals surface area contributed by atoms with Crippen molar-refractivity contribution in [2.75, 3.05) is 0 Å². The Kier molecular flexibility index (Phi) is 1.94. The van der Waals surface area contributed by atoms with Gasteiger partial charge in [0.25, 0.3) is 0 Å². The predicted octanol–water partition coefficient (Wildman–Crippen LogP) is 2.52. The molecule has 0 amide bonds. The van der Waals surface area contributed by atoms with E-state index in [9.17, 15) is 5.11 Å². The molecule has 0 fully saturated rings. The fourth-order valence-electron chi connectivity index (χ4n) is 2.19. The first-order valence-corrected chi connectivity index (χ1v) is 5.27. The number of nitrogens with one attached hydrogen (secondary N) is 1. The molecule has 2 heterocycles. The van der Waals surface area contributed by atoms with Crippen molar-refractivity contribution in [3.8, 4) is 0 Å². The number of aliphatic hydroxyl groups excluding tert-OH is 1. The molecule has 80 valence electrons. The zero-order chi connectivity index (χ0) is 11.1. The average Bonchev–Trinajstić information content (AvgIpc) is 2.69. The monoisotopic (exact) mass is 212 g/mol. The van der Waals surface area contributed by atoms with E-state index < -0.39 is 0 Å². The summed E-state index contributed by atoms with van der Waals surface area (Å²) in [5, 5.41) is 11.6. The van der Waals surface area contributed by atoms with Gasteiger partial charge in [0.05, 0.1) is 17.8 Å². The highest BCUT2D eigenvalue weighted by atomic mass is 16.3. The fraction of sp³-hybridized carbons (Fsp3) is 0.154. The van der Waals surface area contributed by atoms with Gasteiger partial charge in [-0.05, 0) is 18.6 Å². The van der Waals surface area contributed by atoms with Crippen LogP contribution in [0.15, 0.2) is 30.5 Å². The molecule has 0 aliphatic heterocycles. The van der Waals surface area contributed by atoms with Gasteiger partial charge in [-0.25, -0.2) is 0 Å². The third kappa shape index (κ3) is 1.15. The van der Waals surface area contributed by atoms with Crippen LogP contribution in [0.25, 0.3) is 21.8 Å². The number of aromatic nitrogens is 2. The molecule has 0 aliphatic rings. The van der Waals surface area contributed by atoms with Gasteiger partial charge in [0.2, 0.25) is 0 Å². The molecule has 3 rings (SSSR count). The third-order valence-corrected chi connectivity index (χ3v) is 2.95. The Bertz CT molecular complexity index is 670. The first-order valence-electron chi connectivity index (χ1n) is 5.27. The lowest BCUT2D eigenvalue weighted by molar-refractivity contribution is 0.278. The van der Waals surface area contributed by atoms with Crippen molar-refractivity contribution in [2.45, 2.75) is 13.5 Å². The highest BCUT2D eigenvalue weighted by molar-refractivity contribution is 6.09. The topological polar surface area (TPSA) is 48.9 Å². The number of fused-ring (bicyclic) bond motifs is 3. The highest BCUT2D eigenvalue weighted by Gasteiger charge is 2.10. The second-order valence-electron chi connectivity index (χ2n) is 3.97. The van der Waals surface area contributed by atoms with Crippen LogP contribution in [-0.4, -0.2) is 15.1 Å². The molecule has 0 aliphatic carbocycles. The molecule has 1 aromatic carbocycles. The SMILES string of the molecule is Cc1cnc(CO)c2[nH]c3ccccc3c12. The Hall–Kier alpha value is -1.87. The number of hydrogen-bond acceptors (Lipinski definition) is 2. The van der Waals surface area contributed by atoms with Crippen molar-refractivity contribution >= 4 is 21.8 Å². The Balaban J connectivity index is 2.58. The summed E-state index contributed by atoms with van der Waals surface area (Å²) in [6.07, 6.45) is 1.81. The number of rotatable bonds is 1. The van der Waals surface area contributed by atoms with Crippen LogP contribution in [-0.2, 0) is 6.61 Å². The lowest BCUT2D eigenvalue weighted by Crippen LogP contribution is -1.91. The van der Waals surface area contributed by atoms with E-state index in [0.29, 0.717) is 5.69 Å². The van der Waals surface area contributed by atoms with Gasteiger partial charge in [-0.3, -0.25) is 4.98 Å². The zero-order valence-corrected chi connectivity index (χ0v) is 8.99. The summed E-state index contributed by atoms with van der Waals surface area (Å²) in [4.78, 5) is 7.55. The van der Waals surface area contributed by atoms with Crippen molar-refractivity contribution in [3.63, 3.8) is 0 Å². The average molecular weight is 212 g/mol. The Morgan fingerprint density at radius 1 is 1.31 bits per heavy atom. The molecular formula is C13H12N2O. The number of pyridine rings is 1. The smallest absolute Gasteiger partial charge is 0.0898 e. The van der Waals surface area contributed by atoms with Gasteiger partial charge < -0.3 is 10.1 Å². The van der Waals surface area contributed by atoms with Crippen LogP contribution in [0, 0.1) is 6.92 Å². The van der Waals surface area contributed by atoms with E-state index in [-0.39, 0.29) is 6.61 Å². The number of benzene rings is 1. The summed E-state index contributed by atoms with van der Waals surface area (Å²) in [6, 6.07) is 8.14. The predicted molar refractivity (Wildman–Crippen MR) is 64.3 cm³/mol. The number of hydrogen-bond donors (Lipinski definition) is 2.